The molecular weight excluding hydrogens is 505 g/mol. The number of carbonyl (C=O) groups is 1. The van der Waals surface area contributed by atoms with Crippen LogP contribution in [0.3, 0.4) is 0 Å². The molecule has 1 unspecified atom stereocenters. The first-order valence-electron chi connectivity index (χ1n) is 13.7. The van der Waals surface area contributed by atoms with Crippen LogP contribution < -0.4 is 15.4 Å². The van der Waals surface area contributed by atoms with E-state index in [1.165, 1.54) is 24.6 Å². The number of rotatable bonds is 6. The van der Waals surface area contributed by atoms with E-state index in [-0.39, 0.29) is 36.4 Å². The zero-order valence-electron chi connectivity index (χ0n) is 22.4. The van der Waals surface area contributed by atoms with Crippen molar-refractivity contribution in [2.24, 2.45) is 4.99 Å². The number of hydrogen-bond donors (Lipinski definition) is 3. The van der Waals surface area contributed by atoms with Gasteiger partial charge in [-0.05, 0) is 58.1 Å². The molecule has 1 amide bonds. The largest absolute Gasteiger partial charge is 0.488 e. The summed E-state index contributed by atoms with van der Waals surface area (Å²) in [6, 6.07) is 4.66. The van der Waals surface area contributed by atoms with Crippen LogP contribution in [0, 0.1) is 11.2 Å². The van der Waals surface area contributed by atoms with Crippen LogP contribution in [0.5, 0.6) is 5.75 Å². The van der Waals surface area contributed by atoms with Gasteiger partial charge in [-0.2, -0.15) is 0 Å². The molecule has 0 spiro atoms. The van der Waals surface area contributed by atoms with Gasteiger partial charge >= 0.3 is 0 Å². The number of likely N-dealkylation sites (tertiary alicyclic amines) is 1. The molecular formula is C29H37ClFN5O2. The first-order valence-corrected chi connectivity index (χ1v) is 14.1. The maximum atomic E-state index is 14.5. The van der Waals surface area contributed by atoms with Gasteiger partial charge in [-0.15, -0.1) is 0 Å². The summed E-state index contributed by atoms with van der Waals surface area (Å²) in [5.74, 6) is 0.106. The smallest absolute Gasteiger partial charge is 0.258 e. The lowest BCUT2D eigenvalue weighted by molar-refractivity contribution is -0.0225. The number of nitrogens with zero attached hydrogens (tertiary/aromatic N) is 2. The summed E-state index contributed by atoms with van der Waals surface area (Å²) in [6.45, 7) is 6.24. The van der Waals surface area contributed by atoms with Crippen molar-refractivity contribution in [3.63, 3.8) is 0 Å². The van der Waals surface area contributed by atoms with Crippen molar-refractivity contribution in [1.82, 2.24) is 15.5 Å². The fourth-order valence-electron chi connectivity index (χ4n) is 6.19. The van der Waals surface area contributed by atoms with Crippen molar-refractivity contribution in [1.29, 1.82) is 5.41 Å². The molecule has 9 heteroatoms. The van der Waals surface area contributed by atoms with E-state index in [1.807, 2.05) is 13.8 Å². The van der Waals surface area contributed by atoms with Gasteiger partial charge in [-0.25, -0.2) is 9.38 Å². The lowest BCUT2D eigenvalue weighted by Gasteiger charge is -2.55. The number of ether oxygens (including phenoxy) is 1. The zero-order valence-corrected chi connectivity index (χ0v) is 23.2. The van der Waals surface area contributed by atoms with Crippen LogP contribution in [0.1, 0.15) is 82.5 Å². The fraction of sp³-hybridized carbons (Fsp3) is 0.552. The van der Waals surface area contributed by atoms with Gasteiger partial charge in [0.05, 0.1) is 40.6 Å². The Hall–Kier alpha value is -2.71. The number of aliphatic imine (C=N–C) groups is 1. The molecule has 4 aliphatic heterocycles. The molecule has 3 N–H and O–H groups in total. The van der Waals surface area contributed by atoms with E-state index < -0.39 is 5.82 Å². The highest BCUT2D eigenvalue weighted by molar-refractivity contribution is 6.43. The van der Waals surface area contributed by atoms with E-state index in [4.69, 9.17) is 21.7 Å². The number of amides is 1. The lowest BCUT2D eigenvalue weighted by atomic mass is 9.69. The summed E-state index contributed by atoms with van der Waals surface area (Å²) in [7, 11) is 0. The maximum Gasteiger partial charge on any atom is 0.258 e. The van der Waals surface area contributed by atoms with Gasteiger partial charge in [-0.3, -0.25) is 4.79 Å². The van der Waals surface area contributed by atoms with E-state index in [0.717, 1.165) is 50.6 Å². The third-order valence-corrected chi connectivity index (χ3v) is 8.83. The Balaban J connectivity index is 1.39. The summed E-state index contributed by atoms with van der Waals surface area (Å²) in [6.07, 6.45) is 8.38. The summed E-state index contributed by atoms with van der Waals surface area (Å²) >= 11 is 6.26. The Bertz CT molecular complexity index is 1230. The van der Waals surface area contributed by atoms with Gasteiger partial charge in [0.2, 0.25) is 0 Å². The Morgan fingerprint density at radius 2 is 2.05 bits per heavy atom. The molecule has 1 aromatic carbocycles. The number of nitrogens with one attached hydrogen (secondary N) is 3. The summed E-state index contributed by atoms with van der Waals surface area (Å²) < 4.78 is 21.0. The quantitative estimate of drug-likeness (QED) is 0.433. The van der Waals surface area contributed by atoms with Gasteiger partial charge in [0.25, 0.3) is 5.91 Å². The van der Waals surface area contributed by atoms with Gasteiger partial charge in [-0.1, -0.05) is 37.8 Å². The maximum absolute atomic E-state index is 14.5. The van der Waals surface area contributed by atoms with E-state index in [9.17, 15) is 9.18 Å². The van der Waals surface area contributed by atoms with Gasteiger partial charge in [0, 0.05) is 23.4 Å². The third-order valence-electron chi connectivity index (χ3n) is 8.27. The molecule has 5 aliphatic rings. The molecule has 3 atom stereocenters. The van der Waals surface area contributed by atoms with Crippen LogP contribution in [-0.4, -0.2) is 53.0 Å². The summed E-state index contributed by atoms with van der Waals surface area (Å²) in [5, 5.41) is 16.1. The average molecular weight is 542 g/mol. The molecule has 4 fully saturated rings. The first-order chi connectivity index (χ1) is 18.2. The Morgan fingerprint density at radius 3 is 2.79 bits per heavy atom. The first kappa shape index (κ1) is 26.9. The lowest BCUT2D eigenvalue weighted by Crippen LogP contribution is -2.71. The highest BCUT2D eigenvalue weighted by Crippen LogP contribution is 2.42. The second kappa shape index (κ2) is 10.8. The van der Waals surface area contributed by atoms with Crippen molar-refractivity contribution in [3.8, 4) is 5.75 Å². The van der Waals surface area contributed by atoms with Crippen molar-refractivity contribution >= 4 is 28.9 Å². The Morgan fingerprint density at radius 1 is 1.29 bits per heavy atom. The van der Waals surface area contributed by atoms with E-state index in [0.29, 0.717) is 39.5 Å². The van der Waals surface area contributed by atoms with Crippen molar-refractivity contribution < 1.29 is 13.9 Å². The van der Waals surface area contributed by atoms with Crippen molar-refractivity contribution in [3.05, 3.63) is 51.7 Å². The molecule has 0 radical (unpaired) electrons. The molecule has 3 saturated heterocycles. The molecule has 6 rings (SSSR count). The second-order valence-electron chi connectivity index (χ2n) is 11.1. The Labute approximate surface area is 229 Å². The van der Waals surface area contributed by atoms with Crippen LogP contribution in [0.4, 0.5) is 4.39 Å². The molecule has 204 valence electrons. The van der Waals surface area contributed by atoms with Gasteiger partial charge in [0.15, 0.2) is 0 Å². The van der Waals surface area contributed by atoms with E-state index >= 15 is 0 Å². The molecule has 0 aromatic heterocycles. The monoisotopic (exact) mass is 541 g/mol. The minimum absolute atomic E-state index is 0.128. The predicted molar refractivity (Wildman–Crippen MR) is 149 cm³/mol. The number of halogens is 2. The van der Waals surface area contributed by atoms with Gasteiger partial charge < -0.3 is 25.7 Å². The van der Waals surface area contributed by atoms with Crippen molar-refractivity contribution in [2.75, 3.05) is 13.1 Å². The highest BCUT2D eigenvalue weighted by atomic mass is 35.5. The van der Waals surface area contributed by atoms with Crippen LogP contribution in [0.2, 0.25) is 0 Å². The molecule has 7 nitrogen and oxygen atoms in total. The van der Waals surface area contributed by atoms with Crippen LogP contribution in [-0.2, 0) is 0 Å². The molecule has 4 heterocycles. The standard InChI is InChI=1S/C29H37ClFN5O2/c1-4-5-12-29-14-20(35-29)8-6-7-9-25(29)38-24-13-19(31)10-11-21(24)28(37)36-15-22(23(32)16-36)27-33-17(2)26(30)18(3)34-27/h10-11,13,20,25,32-33,35H,4-9,12,14-16H2,1-3H3/b27-22+,32-23?/t20-,25-,29?/m1/s1. The number of carbonyl (C=O) groups excluding carboxylic acids is 1. The topological polar surface area (TPSA) is 89.8 Å². The fourth-order valence-corrected chi connectivity index (χ4v) is 6.28. The number of allylic oxidation sites excluding steroid dienone is 2. The minimum atomic E-state index is -0.434. The summed E-state index contributed by atoms with van der Waals surface area (Å²) in [5.41, 5.74) is 2.59. The average Bonchev–Trinajstić information content (AvgIpc) is 3.24. The molecule has 1 saturated carbocycles. The Kier molecular flexibility index (Phi) is 7.65. The normalized spacial score (nSPS) is 29.3. The van der Waals surface area contributed by atoms with Crippen molar-refractivity contribution in [2.45, 2.75) is 89.8 Å². The van der Waals surface area contributed by atoms with E-state index in [2.05, 4.69) is 22.5 Å². The predicted octanol–water partition coefficient (Wildman–Crippen LogP) is 5.66. The molecule has 38 heavy (non-hydrogen) atoms. The minimum Gasteiger partial charge on any atom is -0.488 e. The second-order valence-corrected chi connectivity index (χ2v) is 11.4. The number of fused-ring (bicyclic) bond motifs is 4. The highest BCUT2D eigenvalue weighted by Gasteiger charge is 2.50. The number of benzene rings is 1. The van der Waals surface area contributed by atoms with Gasteiger partial charge in [0.1, 0.15) is 23.5 Å². The third kappa shape index (κ3) is 5.13. The number of hydrogen-bond acceptors (Lipinski definition) is 6. The summed E-state index contributed by atoms with van der Waals surface area (Å²) in [4.78, 5) is 19.9. The van der Waals surface area contributed by atoms with E-state index in [1.54, 1.807) is 4.90 Å². The van der Waals surface area contributed by atoms with Crippen LogP contribution in [0.15, 0.2) is 45.3 Å². The molecule has 2 bridgehead atoms. The van der Waals surface area contributed by atoms with Crippen LogP contribution >= 0.6 is 11.6 Å². The van der Waals surface area contributed by atoms with Crippen LogP contribution in [0.25, 0.3) is 0 Å². The SMILES string of the molecule is CCCCC12C[C@@H](CCCC[C@H]1Oc1cc(F)ccc1C(=O)N1CC(=N)/C(=C3/N=C(C)C(Cl)=C(C)N3)C1)N2. The molecule has 1 aromatic rings. The zero-order chi connectivity index (χ0) is 27.0. The molecule has 1 aliphatic carbocycles. The number of unbranched alkanes of at least 4 members (excludes halogenated alkanes) is 1.